The average Bonchev–Trinajstić information content (AvgIpc) is 3.16. The largest absolute Gasteiger partial charge is 0.342 e. The molecule has 1 saturated carbocycles. The number of anilines is 1. The Kier molecular flexibility index (Phi) is 3.27. The lowest BCUT2D eigenvalue weighted by Crippen LogP contribution is -2.59. The lowest BCUT2D eigenvalue weighted by atomic mass is 10.1. The second-order valence-corrected chi connectivity index (χ2v) is 6.23. The second kappa shape index (κ2) is 4.80. The van der Waals surface area contributed by atoms with E-state index in [1.54, 1.807) is 12.1 Å². The van der Waals surface area contributed by atoms with Crippen molar-refractivity contribution in [3.8, 4) is 0 Å². The molecule has 1 aliphatic heterocycles. The molecule has 0 radical (unpaired) electrons. The number of carbonyl (C=O) groups is 2. The number of hydrogen-bond donors (Lipinski definition) is 1. The molecule has 0 aromatic heterocycles. The molecule has 1 aromatic rings. The zero-order chi connectivity index (χ0) is 13.6. The van der Waals surface area contributed by atoms with Gasteiger partial charge in [-0.1, -0.05) is 27.5 Å². The summed E-state index contributed by atoms with van der Waals surface area (Å²) in [5, 5.41) is 3.24. The molecule has 1 heterocycles. The Hall–Kier alpha value is -1.07. The van der Waals surface area contributed by atoms with Gasteiger partial charge in [-0.15, -0.1) is 0 Å². The third-order valence-corrected chi connectivity index (χ3v) is 4.24. The molecular formula is C13H12BrClN2O2. The van der Waals surface area contributed by atoms with E-state index in [9.17, 15) is 9.59 Å². The molecule has 19 heavy (non-hydrogen) atoms. The molecule has 0 spiro atoms. The van der Waals surface area contributed by atoms with Gasteiger partial charge < -0.3 is 5.32 Å². The Morgan fingerprint density at radius 3 is 2.68 bits per heavy atom. The fraction of sp³-hybridized carbons (Fsp3) is 0.385. The van der Waals surface area contributed by atoms with Crippen LogP contribution >= 0.6 is 27.5 Å². The molecule has 6 heteroatoms. The minimum Gasteiger partial charge on any atom is -0.342 e. The maximum Gasteiger partial charge on any atom is 0.250 e. The zero-order valence-electron chi connectivity index (χ0n) is 10.0. The zero-order valence-corrected chi connectivity index (χ0v) is 12.4. The Balaban J connectivity index is 1.93. The summed E-state index contributed by atoms with van der Waals surface area (Å²) in [4.78, 5) is 25.7. The summed E-state index contributed by atoms with van der Waals surface area (Å²) in [5.41, 5.74) is 0.593. The molecule has 1 aliphatic carbocycles. The number of benzene rings is 1. The first-order valence-electron chi connectivity index (χ1n) is 6.12. The van der Waals surface area contributed by atoms with Gasteiger partial charge in [0.15, 0.2) is 0 Å². The van der Waals surface area contributed by atoms with Crippen molar-refractivity contribution < 1.29 is 9.59 Å². The average molecular weight is 344 g/mol. The van der Waals surface area contributed by atoms with Crippen molar-refractivity contribution in [3.63, 3.8) is 0 Å². The maximum absolute atomic E-state index is 12.4. The van der Waals surface area contributed by atoms with Gasteiger partial charge in [0, 0.05) is 4.47 Å². The van der Waals surface area contributed by atoms with E-state index in [0.29, 0.717) is 10.7 Å². The summed E-state index contributed by atoms with van der Waals surface area (Å²) in [6.07, 6.45) is 2.00. The van der Waals surface area contributed by atoms with Gasteiger partial charge in [0.2, 0.25) is 11.8 Å². The van der Waals surface area contributed by atoms with Crippen LogP contribution in [0.25, 0.3) is 0 Å². The lowest BCUT2D eigenvalue weighted by molar-refractivity contribution is -0.131. The first-order valence-corrected chi connectivity index (χ1v) is 7.29. The van der Waals surface area contributed by atoms with Crippen LogP contribution in [0.15, 0.2) is 22.7 Å². The van der Waals surface area contributed by atoms with Gasteiger partial charge in [-0.25, -0.2) is 0 Å². The van der Waals surface area contributed by atoms with Crippen LogP contribution in [0.5, 0.6) is 0 Å². The molecule has 2 fully saturated rings. The Morgan fingerprint density at radius 1 is 1.32 bits per heavy atom. The molecule has 1 atom stereocenters. The molecule has 4 nitrogen and oxygen atoms in total. The number of carbonyl (C=O) groups excluding carboxylic acids is 2. The molecular weight excluding hydrogens is 332 g/mol. The van der Waals surface area contributed by atoms with E-state index in [2.05, 4.69) is 21.2 Å². The van der Waals surface area contributed by atoms with Gasteiger partial charge in [0.25, 0.3) is 0 Å². The predicted octanol–water partition coefficient (Wildman–Crippen LogP) is 2.34. The third-order valence-electron chi connectivity index (χ3n) is 3.44. The smallest absolute Gasteiger partial charge is 0.250 e. The Labute approximate surface area is 124 Å². The molecule has 3 rings (SSSR count). The fourth-order valence-corrected chi connectivity index (χ4v) is 3.10. The number of halogens is 2. The molecule has 1 N–H and O–H groups in total. The van der Waals surface area contributed by atoms with E-state index >= 15 is 0 Å². The van der Waals surface area contributed by atoms with Crippen LogP contribution in [0.2, 0.25) is 5.02 Å². The summed E-state index contributed by atoms with van der Waals surface area (Å²) in [7, 11) is 0. The van der Waals surface area contributed by atoms with Crippen LogP contribution in [0.3, 0.4) is 0 Å². The quantitative estimate of drug-likeness (QED) is 0.896. The first kappa shape index (κ1) is 12.9. The van der Waals surface area contributed by atoms with Crippen LogP contribution in [0, 0.1) is 5.92 Å². The Morgan fingerprint density at radius 2 is 2.05 bits per heavy atom. The van der Waals surface area contributed by atoms with Gasteiger partial charge in [0.1, 0.15) is 12.6 Å². The predicted molar refractivity (Wildman–Crippen MR) is 76.2 cm³/mol. The minimum absolute atomic E-state index is 0.0312. The number of nitrogens with one attached hydrogen (secondary N) is 1. The normalized spacial score (nSPS) is 23.5. The standard InChI is InChI=1S/C13H12BrClN2O2/c14-8-3-4-10(9(15)5-8)17-6-11(18)16-12(13(17)19)7-1-2-7/h3-5,7,12H,1-2,6H2,(H,16,18). The summed E-state index contributed by atoms with van der Waals surface area (Å²) >= 11 is 9.49. The van der Waals surface area contributed by atoms with Crippen molar-refractivity contribution in [3.05, 3.63) is 27.7 Å². The molecule has 100 valence electrons. The third kappa shape index (κ3) is 2.49. The molecule has 1 unspecified atom stereocenters. The molecule has 0 bridgehead atoms. The van der Waals surface area contributed by atoms with Gasteiger partial charge in [-0.05, 0) is 37.0 Å². The summed E-state index contributed by atoms with van der Waals surface area (Å²) in [5.74, 6) is 0.0929. The second-order valence-electron chi connectivity index (χ2n) is 4.90. The topological polar surface area (TPSA) is 49.4 Å². The van der Waals surface area contributed by atoms with E-state index in [4.69, 9.17) is 11.6 Å². The van der Waals surface area contributed by atoms with E-state index < -0.39 is 0 Å². The molecule has 2 aliphatic rings. The minimum atomic E-state index is -0.388. The van der Waals surface area contributed by atoms with Crippen molar-refractivity contribution in [2.75, 3.05) is 11.4 Å². The van der Waals surface area contributed by atoms with Gasteiger partial charge in [-0.2, -0.15) is 0 Å². The van der Waals surface area contributed by atoms with Crippen LogP contribution in [-0.4, -0.2) is 24.4 Å². The van der Waals surface area contributed by atoms with Crippen molar-refractivity contribution in [1.29, 1.82) is 0 Å². The lowest BCUT2D eigenvalue weighted by Gasteiger charge is -2.33. The van der Waals surface area contributed by atoms with Gasteiger partial charge in [0.05, 0.1) is 10.7 Å². The van der Waals surface area contributed by atoms with Crippen LogP contribution < -0.4 is 10.2 Å². The first-order chi connectivity index (χ1) is 9.06. The van der Waals surface area contributed by atoms with E-state index in [1.165, 1.54) is 4.90 Å². The summed E-state index contributed by atoms with van der Waals surface area (Å²) in [6.45, 7) is 0.0312. The van der Waals surface area contributed by atoms with Crippen molar-refractivity contribution >= 4 is 45.0 Å². The van der Waals surface area contributed by atoms with E-state index in [1.807, 2.05) is 6.07 Å². The van der Waals surface area contributed by atoms with Crippen LogP contribution in [-0.2, 0) is 9.59 Å². The highest BCUT2D eigenvalue weighted by atomic mass is 79.9. The van der Waals surface area contributed by atoms with E-state index in [-0.39, 0.29) is 30.3 Å². The molecule has 1 saturated heterocycles. The van der Waals surface area contributed by atoms with Crippen molar-refractivity contribution in [1.82, 2.24) is 5.32 Å². The van der Waals surface area contributed by atoms with Crippen molar-refractivity contribution in [2.45, 2.75) is 18.9 Å². The van der Waals surface area contributed by atoms with Crippen LogP contribution in [0.1, 0.15) is 12.8 Å². The highest BCUT2D eigenvalue weighted by molar-refractivity contribution is 9.10. The number of piperazine rings is 1. The highest BCUT2D eigenvalue weighted by Crippen LogP contribution is 2.36. The number of rotatable bonds is 2. The monoisotopic (exact) mass is 342 g/mol. The number of amides is 2. The Bertz CT molecular complexity index is 560. The highest BCUT2D eigenvalue weighted by Gasteiger charge is 2.43. The molecule has 1 aromatic carbocycles. The SMILES string of the molecule is O=C1CN(c2ccc(Br)cc2Cl)C(=O)C(C2CC2)N1. The van der Waals surface area contributed by atoms with Gasteiger partial charge >= 0.3 is 0 Å². The van der Waals surface area contributed by atoms with Crippen LogP contribution in [0.4, 0.5) is 5.69 Å². The maximum atomic E-state index is 12.4. The van der Waals surface area contributed by atoms with E-state index in [0.717, 1.165) is 17.3 Å². The molecule has 2 amide bonds. The summed E-state index contributed by atoms with van der Waals surface area (Å²) in [6, 6.07) is 4.91. The number of nitrogens with zero attached hydrogens (tertiary/aromatic N) is 1. The van der Waals surface area contributed by atoms with Crippen molar-refractivity contribution in [2.24, 2.45) is 5.92 Å². The number of hydrogen-bond acceptors (Lipinski definition) is 2. The fourth-order valence-electron chi connectivity index (χ4n) is 2.32. The summed E-state index contributed by atoms with van der Waals surface area (Å²) < 4.78 is 0.842. The van der Waals surface area contributed by atoms with Gasteiger partial charge in [-0.3, -0.25) is 14.5 Å².